The fourth-order valence-electron chi connectivity index (χ4n) is 4.17. The minimum Gasteiger partial charge on any atom is -0.464 e. The highest BCUT2D eigenvalue weighted by atomic mass is 32.1. The Morgan fingerprint density at radius 2 is 1.54 bits per heavy atom. The SMILES string of the molecule is CCCCCC(=O)OCCN1C(C)(C)CC(OC(=O)CCCCC)CC1(C)S. The van der Waals surface area contributed by atoms with E-state index in [1.54, 1.807) is 0 Å². The van der Waals surface area contributed by atoms with Crippen LogP contribution in [0.1, 0.15) is 98.8 Å². The molecule has 1 aliphatic rings. The van der Waals surface area contributed by atoms with Crippen LogP contribution in [0.5, 0.6) is 0 Å². The maximum absolute atomic E-state index is 12.1. The highest BCUT2D eigenvalue weighted by Crippen LogP contribution is 2.41. The fourth-order valence-corrected chi connectivity index (χ4v) is 4.74. The molecule has 0 spiro atoms. The van der Waals surface area contributed by atoms with Crippen LogP contribution in [0.4, 0.5) is 0 Å². The number of carbonyl (C=O) groups excluding carboxylic acids is 2. The van der Waals surface area contributed by atoms with Crippen LogP contribution in [-0.4, -0.2) is 46.5 Å². The Labute approximate surface area is 177 Å². The Bertz CT molecular complexity index is 475. The number of hydrogen-bond donors (Lipinski definition) is 1. The topological polar surface area (TPSA) is 55.8 Å². The highest BCUT2D eigenvalue weighted by molar-refractivity contribution is 7.81. The molecule has 0 radical (unpaired) electrons. The molecule has 0 saturated carbocycles. The van der Waals surface area contributed by atoms with Gasteiger partial charge in [0.25, 0.3) is 0 Å². The minimum absolute atomic E-state index is 0.104. The number of carbonyl (C=O) groups is 2. The van der Waals surface area contributed by atoms with Crippen LogP contribution in [0.3, 0.4) is 0 Å². The molecule has 6 heteroatoms. The predicted octanol–water partition coefficient (Wildman–Crippen LogP) is 5.12. The van der Waals surface area contributed by atoms with Crippen molar-refractivity contribution in [2.24, 2.45) is 0 Å². The first-order chi connectivity index (χ1) is 13.1. The summed E-state index contributed by atoms with van der Waals surface area (Å²) >= 11 is 4.88. The summed E-state index contributed by atoms with van der Waals surface area (Å²) in [4.78, 5) is 25.8. The van der Waals surface area contributed by atoms with Crippen molar-refractivity contribution in [3.8, 4) is 0 Å². The van der Waals surface area contributed by atoms with Crippen molar-refractivity contribution in [1.82, 2.24) is 4.90 Å². The summed E-state index contributed by atoms with van der Waals surface area (Å²) in [5.41, 5.74) is -0.197. The third-order valence-corrected chi connectivity index (χ3v) is 5.92. The van der Waals surface area contributed by atoms with E-state index in [0.717, 1.165) is 44.9 Å². The van der Waals surface area contributed by atoms with E-state index in [4.69, 9.17) is 22.1 Å². The van der Waals surface area contributed by atoms with E-state index >= 15 is 0 Å². The average Bonchev–Trinajstić information content (AvgIpc) is 2.57. The summed E-state index contributed by atoms with van der Waals surface area (Å²) in [5, 5.41) is 0. The first-order valence-corrected chi connectivity index (χ1v) is 11.4. The molecule has 1 fully saturated rings. The van der Waals surface area contributed by atoms with E-state index in [0.29, 0.717) is 32.4 Å². The van der Waals surface area contributed by atoms with Gasteiger partial charge < -0.3 is 9.47 Å². The van der Waals surface area contributed by atoms with E-state index in [2.05, 4.69) is 39.5 Å². The summed E-state index contributed by atoms with van der Waals surface area (Å²) < 4.78 is 11.2. The van der Waals surface area contributed by atoms with Gasteiger partial charge in [-0.15, -0.1) is 0 Å². The number of ether oxygens (including phenoxy) is 2. The monoisotopic (exact) mass is 415 g/mol. The lowest BCUT2D eigenvalue weighted by Crippen LogP contribution is -2.62. The van der Waals surface area contributed by atoms with E-state index in [9.17, 15) is 9.59 Å². The molecule has 1 heterocycles. The van der Waals surface area contributed by atoms with Crippen molar-refractivity contribution in [3.63, 3.8) is 0 Å². The predicted molar refractivity (Wildman–Crippen MR) is 117 cm³/mol. The van der Waals surface area contributed by atoms with Crippen LogP contribution in [0.15, 0.2) is 0 Å². The second-order valence-corrected chi connectivity index (χ2v) is 9.80. The van der Waals surface area contributed by atoms with Crippen LogP contribution in [0.2, 0.25) is 0 Å². The van der Waals surface area contributed by atoms with Gasteiger partial charge in [0.15, 0.2) is 0 Å². The zero-order valence-electron chi connectivity index (χ0n) is 18.6. The molecule has 1 rings (SSSR count). The highest BCUT2D eigenvalue weighted by Gasteiger charge is 2.47. The molecule has 0 bridgehead atoms. The van der Waals surface area contributed by atoms with E-state index in [-0.39, 0.29) is 23.6 Å². The molecule has 1 aliphatic heterocycles. The lowest BCUT2D eigenvalue weighted by Gasteiger charge is -2.54. The van der Waals surface area contributed by atoms with Gasteiger partial charge >= 0.3 is 11.9 Å². The Balaban J connectivity index is 2.52. The number of rotatable bonds is 12. The summed E-state index contributed by atoms with van der Waals surface area (Å²) in [6.45, 7) is 11.6. The van der Waals surface area contributed by atoms with Gasteiger partial charge in [0.2, 0.25) is 0 Å². The van der Waals surface area contributed by atoms with E-state index in [1.807, 2.05) is 0 Å². The molecular weight excluding hydrogens is 374 g/mol. The van der Waals surface area contributed by atoms with E-state index < -0.39 is 4.87 Å². The standard InChI is InChI=1S/C22H41NO4S/c1-6-8-10-12-19(24)26-15-14-23-21(3,4)16-18(17-22(23,5)28)27-20(25)13-11-9-7-2/h18,28H,6-17H2,1-5H3. The van der Waals surface area contributed by atoms with Crippen molar-refractivity contribution in [1.29, 1.82) is 0 Å². The molecule has 28 heavy (non-hydrogen) atoms. The maximum Gasteiger partial charge on any atom is 0.306 e. The van der Waals surface area contributed by atoms with Gasteiger partial charge in [-0.25, -0.2) is 0 Å². The Morgan fingerprint density at radius 3 is 2.07 bits per heavy atom. The van der Waals surface area contributed by atoms with Crippen molar-refractivity contribution in [3.05, 3.63) is 0 Å². The number of nitrogens with zero attached hydrogens (tertiary/aromatic N) is 1. The minimum atomic E-state index is -0.426. The van der Waals surface area contributed by atoms with Crippen LogP contribution in [0.25, 0.3) is 0 Å². The number of piperidine rings is 1. The Kier molecular flexibility index (Phi) is 10.9. The van der Waals surface area contributed by atoms with Crippen LogP contribution >= 0.6 is 12.6 Å². The molecule has 0 N–H and O–H groups in total. The van der Waals surface area contributed by atoms with Crippen LogP contribution in [0, 0.1) is 0 Å². The van der Waals surface area contributed by atoms with Gasteiger partial charge in [-0.3, -0.25) is 14.5 Å². The summed E-state index contributed by atoms with van der Waals surface area (Å²) in [7, 11) is 0. The number of hydrogen-bond acceptors (Lipinski definition) is 6. The first kappa shape index (κ1) is 25.3. The molecule has 2 unspecified atom stereocenters. The quantitative estimate of drug-likeness (QED) is 0.272. The molecular formula is C22H41NO4S. The lowest BCUT2D eigenvalue weighted by molar-refractivity contribution is -0.159. The van der Waals surface area contributed by atoms with Crippen LogP contribution < -0.4 is 0 Å². The smallest absolute Gasteiger partial charge is 0.306 e. The molecule has 0 amide bonds. The number of esters is 2. The second kappa shape index (κ2) is 12.1. The molecule has 0 aromatic heterocycles. The molecule has 1 saturated heterocycles. The number of thiol groups is 1. The van der Waals surface area contributed by atoms with Gasteiger partial charge in [0.1, 0.15) is 12.7 Å². The van der Waals surface area contributed by atoms with Crippen LogP contribution in [-0.2, 0) is 19.1 Å². The summed E-state index contributed by atoms with van der Waals surface area (Å²) in [6.07, 6.45) is 8.36. The average molecular weight is 416 g/mol. The molecule has 0 aliphatic carbocycles. The number of likely N-dealkylation sites (tertiary alicyclic amines) is 1. The normalized spacial score (nSPS) is 24.7. The largest absolute Gasteiger partial charge is 0.464 e. The molecule has 164 valence electrons. The summed E-state index contributed by atoms with van der Waals surface area (Å²) in [5.74, 6) is -0.226. The molecule has 2 atom stereocenters. The molecule has 0 aromatic rings. The molecule has 0 aromatic carbocycles. The fraction of sp³-hybridized carbons (Fsp3) is 0.909. The first-order valence-electron chi connectivity index (χ1n) is 11.0. The number of unbranched alkanes of at least 4 members (excludes halogenated alkanes) is 4. The van der Waals surface area contributed by atoms with Gasteiger partial charge in [-0.2, -0.15) is 12.6 Å². The van der Waals surface area contributed by atoms with Gasteiger partial charge in [0, 0.05) is 37.8 Å². The third kappa shape index (κ3) is 8.73. The zero-order chi connectivity index (χ0) is 21.2. The maximum atomic E-state index is 12.1. The van der Waals surface area contributed by atoms with Crippen molar-refractivity contribution in [2.75, 3.05) is 13.2 Å². The van der Waals surface area contributed by atoms with Crippen molar-refractivity contribution < 1.29 is 19.1 Å². The van der Waals surface area contributed by atoms with Crippen molar-refractivity contribution >= 4 is 24.6 Å². The lowest BCUT2D eigenvalue weighted by atomic mass is 9.84. The zero-order valence-corrected chi connectivity index (χ0v) is 19.5. The molecule has 5 nitrogen and oxygen atoms in total. The second-order valence-electron chi connectivity index (χ2n) is 8.84. The summed E-state index contributed by atoms with van der Waals surface area (Å²) in [6, 6.07) is 0. The van der Waals surface area contributed by atoms with Crippen molar-refractivity contribution in [2.45, 2.75) is 115 Å². The van der Waals surface area contributed by atoms with Gasteiger partial charge in [-0.1, -0.05) is 39.5 Å². The Hall–Kier alpha value is -0.750. The Morgan fingerprint density at radius 1 is 0.964 bits per heavy atom. The third-order valence-electron chi connectivity index (χ3n) is 5.50. The van der Waals surface area contributed by atoms with Gasteiger partial charge in [-0.05, 0) is 33.6 Å². The van der Waals surface area contributed by atoms with Gasteiger partial charge in [0.05, 0.1) is 4.87 Å². The van der Waals surface area contributed by atoms with E-state index in [1.165, 1.54) is 0 Å².